The Morgan fingerprint density at radius 1 is 1.32 bits per heavy atom. The van der Waals surface area contributed by atoms with Gasteiger partial charge in [0.1, 0.15) is 5.75 Å². The lowest BCUT2D eigenvalue weighted by Crippen LogP contribution is -2.38. The van der Waals surface area contributed by atoms with Crippen molar-refractivity contribution in [2.45, 2.75) is 32.6 Å². The Balaban J connectivity index is 1.47. The van der Waals surface area contributed by atoms with Gasteiger partial charge < -0.3 is 15.0 Å². The maximum absolute atomic E-state index is 12.3. The first kappa shape index (κ1) is 15.3. The van der Waals surface area contributed by atoms with E-state index in [2.05, 4.69) is 17.1 Å². The van der Waals surface area contributed by atoms with Crippen LogP contribution in [0.3, 0.4) is 0 Å². The van der Waals surface area contributed by atoms with Crippen molar-refractivity contribution in [3.63, 3.8) is 0 Å². The molecule has 120 valence electrons. The number of carbonyl (C=O) groups is 1. The van der Waals surface area contributed by atoms with Gasteiger partial charge in [-0.15, -0.1) is 0 Å². The first-order chi connectivity index (χ1) is 10.7. The third-order valence-electron chi connectivity index (χ3n) is 4.58. The van der Waals surface area contributed by atoms with Crippen molar-refractivity contribution >= 4 is 5.91 Å². The minimum Gasteiger partial charge on any atom is -0.493 e. The first-order valence-electron chi connectivity index (χ1n) is 8.48. The number of amides is 1. The van der Waals surface area contributed by atoms with Crippen LogP contribution in [0.15, 0.2) is 18.2 Å². The summed E-state index contributed by atoms with van der Waals surface area (Å²) in [6.45, 7) is 7.19. The van der Waals surface area contributed by atoms with Gasteiger partial charge in [0.15, 0.2) is 0 Å². The minimum atomic E-state index is 0.0280. The quantitative estimate of drug-likeness (QED) is 0.908. The number of carbonyl (C=O) groups excluding carboxylic acids is 1. The summed E-state index contributed by atoms with van der Waals surface area (Å²) < 4.78 is 5.48. The fourth-order valence-corrected chi connectivity index (χ4v) is 3.34. The fraction of sp³-hybridized carbons (Fsp3) is 0.611. The lowest BCUT2D eigenvalue weighted by molar-refractivity contribution is 0.0942. The van der Waals surface area contributed by atoms with Gasteiger partial charge in [0.2, 0.25) is 0 Å². The molecule has 1 fully saturated rings. The fourth-order valence-electron chi connectivity index (χ4n) is 3.34. The van der Waals surface area contributed by atoms with E-state index < -0.39 is 0 Å². The Hall–Kier alpha value is -1.55. The standard InChI is InChI=1S/C18H26N2O2/c1-14(13-20-8-3-2-4-9-20)12-19-18(21)16-5-6-17-15(11-16)7-10-22-17/h5-6,11,14H,2-4,7-10,12-13H2,1H3,(H,19,21). The van der Waals surface area contributed by atoms with E-state index in [0.717, 1.165) is 43.0 Å². The molecular formula is C18H26N2O2. The summed E-state index contributed by atoms with van der Waals surface area (Å²) in [6, 6.07) is 5.73. The van der Waals surface area contributed by atoms with Crippen LogP contribution in [0.5, 0.6) is 5.75 Å². The SMILES string of the molecule is CC(CNC(=O)c1ccc2c(c1)CCO2)CN1CCCCC1. The number of hydrogen-bond acceptors (Lipinski definition) is 3. The van der Waals surface area contributed by atoms with Crippen molar-refractivity contribution in [2.24, 2.45) is 5.92 Å². The molecule has 0 aromatic heterocycles. The number of benzene rings is 1. The van der Waals surface area contributed by atoms with Gasteiger partial charge in [-0.3, -0.25) is 4.79 Å². The molecule has 0 radical (unpaired) electrons. The highest BCUT2D eigenvalue weighted by molar-refractivity contribution is 5.94. The monoisotopic (exact) mass is 302 g/mol. The molecule has 1 saturated heterocycles. The Morgan fingerprint density at radius 3 is 2.95 bits per heavy atom. The van der Waals surface area contributed by atoms with Crippen molar-refractivity contribution in [1.29, 1.82) is 0 Å². The van der Waals surface area contributed by atoms with Crippen molar-refractivity contribution in [2.75, 3.05) is 32.8 Å². The van der Waals surface area contributed by atoms with E-state index in [-0.39, 0.29) is 5.91 Å². The van der Waals surface area contributed by atoms with Crippen LogP contribution in [0.1, 0.15) is 42.1 Å². The van der Waals surface area contributed by atoms with Gasteiger partial charge in [-0.25, -0.2) is 0 Å². The van der Waals surface area contributed by atoms with Gasteiger partial charge in [-0.2, -0.15) is 0 Å². The average Bonchev–Trinajstić information content (AvgIpc) is 3.01. The number of fused-ring (bicyclic) bond motifs is 1. The van der Waals surface area contributed by atoms with Crippen LogP contribution < -0.4 is 10.1 Å². The molecule has 0 bridgehead atoms. The number of piperidine rings is 1. The van der Waals surface area contributed by atoms with E-state index in [4.69, 9.17) is 4.74 Å². The Labute approximate surface area is 132 Å². The highest BCUT2D eigenvalue weighted by Crippen LogP contribution is 2.25. The van der Waals surface area contributed by atoms with Crippen LogP contribution in [-0.4, -0.2) is 43.6 Å². The molecule has 1 N–H and O–H groups in total. The smallest absolute Gasteiger partial charge is 0.251 e. The van der Waals surface area contributed by atoms with Crippen LogP contribution >= 0.6 is 0 Å². The first-order valence-corrected chi connectivity index (χ1v) is 8.48. The van der Waals surface area contributed by atoms with E-state index in [9.17, 15) is 4.79 Å². The molecular weight excluding hydrogens is 276 g/mol. The van der Waals surface area contributed by atoms with Crippen LogP contribution in [-0.2, 0) is 6.42 Å². The topological polar surface area (TPSA) is 41.6 Å². The van der Waals surface area contributed by atoms with Crippen LogP contribution in [0.25, 0.3) is 0 Å². The van der Waals surface area contributed by atoms with Gasteiger partial charge in [0.05, 0.1) is 6.61 Å². The zero-order valence-corrected chi connectivity index (χ0v) is 13.4. The van der Waals surface area contributed by atoms with Gasteiger partial charge >= 0.3 is 0 Å². The number of ether oxygens (including phenoxy) is 1. The third-order valence-corrected chi connectivity index (χ3v) is 4.58. The van der Waals surface area contributed by atoms with Crippen molar-refractivity contribution in [1.82, 2.24) is 10.2 Å². The molecule has 2 heterocycles. The van der Waals surface area contributed by atoms with Crippen molar-refractivity contribution < 1.29 is 9.53 Å². The number of nitrogens with one attached hydrogen (secondary N) is 1. The normalized spacial score (nSPS) is 19.3. The van der Waals surface area contributed by atoms with Gasteiger partial charge in [-0.1, -0.05) is 13.3 Å². The molecule has 0 spiro atoms. The lowest BCUT2D eigenvalue weighted by atomic mass is 10.1. The summed E-state index contributed by atoms with van der Waals surface area (Å²) in [5.41, 5.74) is 1.89. The van der Waals surface area contributed by atoms with Crippen molar-refractivity contribution in [3.05, 3.63) is 29.3 Å². The van der Waals surface area contributed by atoms with Crippen LogP contribution in [0.4, 0.5) is 0 Å². The molecule has 2 aliphatic heterocycles. The molecule has 2 aliphatic rings. The van der Waals surface area contributed by atoms with Gasteiger partial charge in [-0.05, 0) is 55.6 Å². The Bertz CT molecular complexity index is 524. The maximum Gasteiger partial charge on any atom is 0.251 e. The second-order valence-electron chi connectivity index (χ2n) is 6.60. The average molecular weight is 302 g/mol. The molecule has 3 rings (SSSR count). The van der Waals surface area contributed by atoms with Gasteiger partial charge in [0, 0.05) is 25.1 Å². The molecule has 0 saturated carbocycles. The second-order valence-corrected chi connectivity index (χ2v) is 6.60. The summed E-state index contributed by atoms with van der Waals surface area (Å²) in [4.78, 5) is 14.8. The summed E-state index contributed by atoms with van der Waals surface area (Å²) >= 11 is 0. The lowest BCUT2D eigenvalue weighted by Gasteiger charge is -2.29. The maximum atomic E-state index is 12.3. The van der Waals surface area contributed by atoms with Gasteiger partial charge in [0.25, 0.3) is 5.91 Å². The Morgan fingerprint density at radius 2 is 2.14 bits per heavy atom. The zero-order valence-electron chi connectivity index (χ0n) is 13.4. The molecule has 1 aromatic rings. The molecule has 22 heavy (non-hydrogen) atoms. The second kappa shape index (κ2) is 7.14. The third kappa shape index (κ3) is 3.80. The van der Waals surface area contributed by atoms with E-state index in [0.29, 0.717) is 5.92 Å². The van der Waals surface area contributed by atoms with E-state index in [1.54, 1.807) is 0 Å². The summed E-state index contributed by atoms with van der Waals surface area (Å²) in [6.07, 6.45) is 4.90. The molecule has 1 unspecified atom stereocenters. The molecule has 1 aromatic carbocycles. The molecule has 1 atom stereocenters. The minimum absolute atomic E-state index is 0.0280. The number of hydrogen-bond donors (Lipinski definition) is 1. The number of rotatable bonds is 5. The molecule has 4 nitrogen and oxygen atoms in total. The highest BCUT2D eigenvalue weighted by Gasteiger charge is 2.17. The van der Waals surface area contributed by atoms with E-state index in [1.807, 2.05) is 18.2 Å². The van der Waals surface area contributed by atoms with Crippen LogP contribution in [0, 0.1) is 5.92 Å². The largest absolute Gasteiger partial charge is 0.493 e. The molecule has 4 heteroatoms. The van der Waals surface area contributed by atoms with Crippen molar-refractivity contribution in [3.8, 4) is 5.75 Å². The van der Waals surface area contributed by atoms with Crippen LogP contribution in [0.2, 0.25) is 0 Å². The predicted molar refractivity (Wildman–Crippen MR) is 87.4 cm³/mol. The number of likely N-dealkylation sites (tertiary alicyclic amines) is 1. The summed E-state index contributed by atoms with van der Waals surface area (Å²) in [5.74, 6) is 1.44. The molecule has 0 aliphatic carbocycles. The summed E-state index contributed by atoms with van der Waals surface area (Å²) in [7, 11) is 0. The predicted octanol–water partition coefficient (Wildman–Crippen LogP) is 2.47. The molecule has 1 amide bonds. The zero-order chi connectivity index (χ0) is 15.4. The summed E-state index contributed by atoms with van der Waals surface area (Å²) in [5, 5.41) is 3.07. The Kier molecular flexibility index (Phi) is 4.98. The highest BCUT2D eigenvalue weighted by atomic mass is 16.5. The number of nitrogens with zero attached hydrogens (tertiary/aromatic N) is 1. The van der Waals surface area contributed by atoms with E-state index in [1.165, 1.54) is 32.4 Å². The van der Waals surface area contributed by atoms with E-state index >= 15 is 0 Å².